The summed E-state index contributed by atoms with van der Waals surface area (Å²) in [6.45, 7) is 8.30. The molecule has 0 aromatic heterocycles. The van der Waals surface area contributed by atoms with Gasteiger partial charge in [-0.3, -0.25) is 0 Å². The molecule has 0 unspecified atom stereocenters. The van der Waals surface area contributed by atoms with E-state index in [0.717, 1.165) is 65.9 Å². The Hall–Kier alpha value is -2.86. The van der Waals surface area contributed by atoms with E-state index in [1.165, 1.54) is 15.3 Å². The first kappa shape index (κ1) is 34.0. The molecule has 0 fully saturated rings. The number of para-hydroxylation sites is 2. The highest BCUT2D eigenvalue weighted by Crippen LogP contribution is 2.49. The first-order valence-corrected chi connectivity index (χ1v) is 16.3. The largest absolute Gasteiger partial charge is 1.00 e. The van der Waals surface area contributed by atoms with Crippen LogP contribution in [0.15, 0.2) is 58.5 Å². The van der Waals surface area contributed by atoms with Gasteiger partial charge in [-0.2, -0.15) is 10.5 Å². The molecule has 0 atom stereocenters. The Kier molecular flexibility index (Phi) is 10.9. The summed E-state index contributed by atoms with van der Waals surface area (Å²) in [5.74, 6) is 0.146. The number of nitriles is 2. The SMILES string of the molecule is Cc1c(C)c(C(C#N)C#N)c(C)c(C)c1-c1c(/C=C2\Sc3ccccc3N2C)nc2[n+](C)c3ccccc3sc1-2.ClCCl.[I-]. The molecule has 3 aliphatic heterocycles. The number of thioether (sulfide) groups is 1. The number of hydrogen-bond acceptors (Lipinski definition) is 6. The van der Waals surface area contributed by atoms with Gasteiger partial charge in [0.15, 0.2) is 11.6 Å². The van der Waals surface area contributed by atoms with Crippen LogP contribution in [0.25, 0.3) is 38.1 Å². The number of nitrogens with zero attached hydrogens (tertiary/aromatic N) is 5. The van der Waals surface area contributed by atoms with Crippen molar-refractivity contribution in [3.63, 3.8) is 0 Å². The van der Waals surface area contributed by atoms with Crippen molar-refractivity contribution in [3.05, 3.63) is 87.1 Å². The number of hydrogen-bond donors (Lipinski definition) is 0. The fourth-order valence-corrected chi connectivity index (χ4v) is 8.18. The second kappa shape index (κ2) is 14.1. The van der Waals surface area contributed by atoms with Crippen LogP contribution < -0.4 is 33.4 Å². The zero-order valence-corrected chi connectivity index (χ0v) is 30.5. The van der Waals surface area contributed by atoms with E-state index in [1.807, 2.05) is 13.8 Å². The predicted molar refractivity (Wildman–Crippen MR) is 181 cm³/mol. The van der Waals surface area contributed by atoms with E-state index in [-0.39, 0.29) is 29.3 Å². The molecule has 10 heteroatoms. The zero-order valence-electron chi connectivity index (χ0n) is 25.2. The molecule has 0 amide bonds. The molecule has 0 spiro atoms. The van der Waals surface area contributed by atoms with Crippen LogP contribution in [0.5, 0.6) is 0 Å². The summed E-state index contributed by atoms with van der Waals surface area (Å²) >= 11 is 13.1. The quantitative estimate of drug-likeness (QED) is 0.124. The van der Waals surface area contributed by atoms with E-state index in [0.29, 0.717) is 0 Å². The van der Waals surface area contributed by atoms with E-state index in [4.69, 9.17) is 28.2 Å². The van der Waals surface area contributed by atoms with Gasteiger partial charge in [0.25, 0.3) is 0 Å². The maximum absolute atomic E-state index is 9.74. The first-order chi connectivity index (χ1) is 20.7. The molecule has 6 rings (SSSR count). The fraction of sp³-hybridized carbons (Fsp3) is 0.235. The molecule has 0 bridgehead atoms. The third kappa shape index (κ3) is 5.79. The van der Waals surface area contributed by atoms with E-state index < -0.39 is 5.92 Å². The van der Waals surface area contributed by atoms with Crippen molar-refractivity contribution in [3.8, 4) is 34.0 Å². The molecule has 3 aliphatic rings. The molecule has 0 aliphatic carbocycles. The standard InChI is InChI=1S/C33H28N5S2.CH2Cl2.HI/c1-18-20(3)30(21(4)19(2)29(18)22(16-34)17-35)31-23(15-28-37(5)24-11-7-9-13-26(24)39-28)36-33-32(31)40-27-14-10-8-12-25(27)38(33)6;2-1-3;/h7-15,22H,1-6H3;1H2;1H/q+1;;/p-1. The molecule has 3 heterocycles. The fourth-order valence-electron chi connectivity index (χ4n) is 5.83. The lowest BCUT2D eigenvalue weighted by atomic mass is 9.81. The van der Waals surface area contributed by atoms with Crippen LogP contribution in [0.4, 0.5) is 5.69 Å². The monoisotopic (exact) mass is 769 g/mol. The molecular weight excluding hydrogens is 740 g/mol. The second-order valence-corrected chi connectivity index (χ2v) is 13.3. The highest BCUT2D eigenvalue weighted by molar-refractivity contribution is 8.03. The zero-order chi connectivity index (χ0) is 31.0. The van der Waals surface area contributed by atoms with Crippen LogP contribution in [-0.2, 0) is 7.05 Å². The van der Waals surface area contributed by atoms with Crippen molar-refractivity contribution in [1.82, 2.24) is 4.98 Å². The number of aryl methyl sites for hydroxylation is 1. The topological polar surface area (TPSA) is 67.6 Å². The van der Waals surface area contributed by atoms with Crippen molar-refractivity contribution in [2.75, 3.05) is 17.3 Å². The Labute approximate surface area is 294 Å². The summed E-state index contributed by atoms with van der Waals surface area (Å²) in [6.07, 6.45) is 2.21. The van der Waals surface area contributed by atoms with Crippen LogP contribution in [-0.4, -0.2) is 17.4 Å². The Morgan fingerprint density at radius 1 is 0.932 bits per heavy atom. The minimum absolute atomic E-state index is 0. The molecule has 3 aromatic rings. The van der Waals surface area contributed by atoms with E-state index in [2.05, 4.69) is 104 Å². The van der Waals surface area contributed by atoms with Crippen LogP contribution in [0.3, 0.4) is 0 Å². The van der Waals surface area contributed by atoms with Crippen molar-refractivity contribution in [1.29, 1.82) is 10.5 Å². The smallest absolute Gasteiger partial charge is 0.342 e. The minimum atomic E-state index is -0.797. The Morgan fingerprint density at radius 2 is 1.52 bits per heavy atom. The highest BCUT2D eigenvalue weighted by Gasteiger charge is 2.35. The van der Waals surface area contributed by atoms with Gasteiger partial charge in [0.05, 0.1) is 45.5 Å². The summed E-state index contributed by atoms with van der Waals surface area (Å²) in [5, 5.41) is 20.8. The third-order valence-corrected chi connectivity index (χ3v) is 10.5. The lowest BCUT2D eigenvalue weighted by molar-refractivity contribution is -0.635. The van der Waals surface area contributed by atoms with Gasteiger partial charge in [-0.25, -0.2) is 4.57 Å². The lowest BCUT2D eigenvalue weighted by Gasteiger charge is -2.21. The summed E-state index contributed by atoms with van der Waals surface area (Å²) in [6, 6.07) is 21.3. The molecule has 0 N–H and O–H groups in total. The number of aromatic nitrogens is 2. The minimum Gasteiger partial charge on any atom is -1.00 e. The Bertz CT molecular complexity index is 1930. The number of anilines is 1. The molecule has 5 nitrogen and oxygen atoms in total. The highest BCUT2D eigenvalue weighted by atomic mass is 127. The van der Waals surface area contributed by atoms with E-state index in [1.54, 1.807) is 23.1 Å². The van der Waals surface area contributed by atoms with E-state index >= 15 is 0 Å². The van der Waals surface area contributed by atoms with Crippen molar-refractivity contribution >= 4 is 68.3 Å². The normalized spacial score (nSPS) is 13.0. The average Bonchev–Trinajstić information content (AvgIpc) is 3.52. The number of rotatable bonds is 3. The Morgan fingerprint density at radius 3 is 2.14 bits per heavy atom. The lowest BCUT2D eigenvalue weighted by Crippen LogP contribution is -3.00. The number of benzene rings is 3. The van der Waals surface area contributed by atoms with Gasteiger partial charge in [0, 0.05) is 18.0 Å². The summed E-state index contributed by atoms with van der Waals surface area (Å²) < 4.78 is 3.38. The maximum Gasteiger partial charge on any atom is 0.342 e. The maximum atomic E-state index is 9.74. The van der Waals surface area contributed by atoms with Crippen LogP contribution in [0.2, 0.25) is 0 Å². The second-order valence-electron chi connectivity index (χ2n) is 10.3. The molecule has 0 saturated heterocycles. The summed E-state index contributed by atoms with van der Waals surface area (Å²) in [7, 11) is 4.19. The Balaban J connectivity index is 0.00000106. The predicted octanol–water partition coefficient (Wildman–Crippen LogP) is 6.22. The van der Waals surface area contributed by atoms with Gasteiger partial charge in [-0.05, 0) is 90.3 Å². The van der Waals surface area contributed by atoms with Crippen LogP contribution in [0.1, 0.15) is 39.4 Å². The summed E-state index contributed by atoms with van der Waals surface area (Å²) in [4.78, 5) is 9.87. The summed E-state index contributed by atoms with van der Waals surface area (Å²) in [5.41, 5.74) is 10.5. The van der Waals surface area contributed by atoms with Gasteiger partial charge >= 0.3 is 5.82 Å². The number of fused-ring (bicyclic) bond motifs is 3. The van der Waals surface area contributed by atoms with Gasteiger partial charge in [-0.15, -0.1) is 34.5 Å². The van der Waals surface area contributed by atoms with E-state index in [9.17, 15) is 10.5 Å². The number of alkyl halides is 2. The molecular formula is C34H30Cl2IN5S2. The third-order valence-electron chi connectivity index (χ3n) is 8.18. The van der Waals surface area contributed by atoms with Crippen molar-refractivity contribution in [2.45, 2.75) is 38.5 Å². The average molecular weight is 771 g/mol. The van der Waals surface area contributed by atoms with Crippen LogP contribution in [0, 0.1) is 50.4 Å². The van der Waals surface area contributed by atoms with Crippen molar-refractivity contribution in [2.24, 2.45) is 7.05 Å². The molecule has 0 radical (unpaired) electrons. The van der Waals surface area contributed by atoms with Gasteiger partial charge in [0.1, 0.15) is 10.4 Å². The van der Waals surface area contributed by atoms with Crippen molar-refractivity contribution < 1.29 is 28.5 Å². The molecule has 224 valence electrons. The molecule has 0 saturated carbocycles. The van der Waals surface area contributed by atoms with Gasteiger partial charge in [-0.1, -0.05) is 36.0 Å². The molecule has 44 heavy (non-hydrogen) atoms. The van der Waals surface area contributed by atoms with Gasteiger partial charge < -0.3 is 28.9 Å². The van der Waals surface area contributed by atoms with Crippen LogP contribution >= 0.6 is 46.3 Å². The van der Waals surface area contributed by atoms with Gasteiger partial charge in [0.2, 0.25) is 0 Å². The first-order valence-electron chi connectivity index (χ1n) is 13.6. The number of halogens is 3. The molecule has 3 aromatic carbocycles.